The molecule has 0 aliphatic carbocycles. The average molecular weight is 717 g/mol. The van der Waals surface area contributed by atoms with Crippen molar-refractivity contribution < 1.29 is 67.0 Å². The number of fused-ring (bicyclic) bond motifs is 1. The van der Waals surface area contributed by atoms with E-state index in [4.69, 9.17) is 29.8 Å². The number of hydrogen-bond acceptors (Lipinski definition) is 17. The number of nitrogen functional groups attached to an aromatic ring is 1. The summed E-state index contributed by atoms with van der Waals surface area (Å²) in [5.41, 5.74) is 15.3. The zero-order chi connectivity index (χ0) is 34.8. The fourth-order valence-electron chi connectivity index (χ4n) is 4.94. The number of aromatic nitrogens is 4. The standard InChI is InChI=1S/C23H29N9O14P2/c24-19-15-20(27-10-26-19)32(22(28-15)29-30-25)21-18(36)17(35)14(45-21)9-44-48(40,41)46-47(38,39)43-8-12-16(34)13(33)6-31(12)23(37)42-7-11-4-2-1-3-5-11/h1-5,10,12-14,16-18,21,33-36H,6-9H2,(H,38,39)(H,40,41)(H2,24,26,27)/t12-,13+,14-,16-,17-,18-,21-/m1/s1. The summed E-state index contributed by atoms with van der Waals surface area (Å²) in [5, 5.41) is 45.0. The Kier molecular flexibility index (Phi) is 10.6. The molecular weight excluding hydrogens is 688 g/mol. The topological polar surface area (TPSA) is 340 Å². The molecule has 2 unspecified atom stereocenters. The normalized spacial score (nSPS) is 28.1. The van der Waals surface area contributed by atoms with E-state index in [0.717, 1.165) is 15.8 Å². The second-order valence-electron chi connectivity index (χ2n) is 10.4. The first-order valence-corrected chi connectivity index (χ1v) is 16.7. The molecule has 2 saturated heterocycles. The molecule has 25 heteroatoms. The lowest BCUT2D eigenvalue weighted by Crippen LogP contribution is -2.43. The van der Waals surface area contributed by atoms with Gasteiger partial charge in [-0.1, -0.05) is 30.3 Å². The molecule has 1 amide bonds. The van der Waals surface area contributed by atoms with Crippen LogP contribution in [0.1, 0.15) is 11.8 Å². The molecule has 0 bridgehead atoms. The number of aliphatic hydroxyl groups excluding tert-OH is 4. The van der Waals surface area contributed by atoms with Crippen LogP contribution in [0.4, 0.5) is 16.6 Å². The second-order valence-corrected chi connectivity index (χ2v) is 13.4. The van der Waals surface area contributed by atoms with Gasteiger partial charge in [0.2, 0.25) is 5.95 Å². The van der Waals surface area contributed by atoms with Gasteiger partial charge in [0, 0.05) is 4.91 Å². The number of carbonyl (C=O) groups excluding carboxylic acids is 1. The number of nitrogens with two attached hydrogens (primary N) is 1. The lowest BCUT2D eigenvalue weighted by Gasteiger charge is -2.26. The summed E-state index contributed by atoms with van der Waals surface area (Å²) in [4.78, 5) is 48.1. The van der Waals surface area contributed by atoms with E-state index in [1.165, 1.54) is 0 Å². The minimum atomic E-state index is -5.48. The predicted octanol–water partition coefficient (Wildman–Crippen LogP) is -0.0371. The van der Waals surface area contributed by atoms with Crippen molar-refractivity contribution in [2.24, 2.45) is 5.11 Å². The van der Waals surface area contributed by atoms with Gasteiger partial charge in [-0.25, -0.2) is 28.9 Å². The number of likely N-dealkylation sites (tertiary alicyclic amines) is 1. The Morgan fingerprint density at radius 2 is 1.75 bits per heavy atom. The van der Waals surface area contributed by atoms with Crippen LogP contribution in [-0.2, 0) is 38.6 Å². The summed E-state index contributed by atoms with van der Waals surface area (Å²) < 4.78 is 50.6. The van der Waals surface area contributed by atoms with Gasteiger partial charge >= 0.3 is 21.7 Å². The summed E-state index contributed by atoms with van der Waals surface area (Å²) >= 11 is 0. The molecule has 8 N–H and O–H groups in total. The Balaban J connectivity index is 1.19. The zero-order valence-corrected chi connectivity index (χ0v) is 26.1. The van der Waals surface area contributed by atoms with Crippen LogP contribution in [0, 0.1) is 0 Å². The Labute approximate surface area is 268 Å². The van der Waals surface area contributed by atoms with Crippen LogP contribution < -0.4 is 5.73 Å². The first-order chi connectivity index (χ1) is 22.7. The average Bonchev–Trinajstić information content (AvgIpc) is 3.64. The SMILES string of the molecule is [N-]=[N+]=Nc1nc2c(N)ncnc2n1[C@@H]1O[C@H](COP(=O)(O)OP(=O)(O)OC[C@@H]2[C@@H](O)[C@@H](O)CN2C(=O)OCc2ccccc2)[C@@H](O)[C@H]1O. The third-order valence-electron chi connectivity index (χ3n) is 7.24. The van der Waals surface area contributed by atoms with E-state index < -0.39 is 84.3 Å². The summed E-state index contributed by atoms with van der Waals surface area (Å²) in [6.45, 7) is -2.53. The fourth-order valence-corrected chi connectivity index (χ4v) is 7.04. The molecule has 0 radical (unpaired) electrons. The molecule has 23 nitrogen and oxygen atoms in total. The van der Waals surface area contributed by atoms with Gasteiger partial charge < -0.3 is 45.4 Å². The highest BCUT2D eigenvalue weighted by Crippen LogP contribution is 2.60. The van der Waals surface area contributed by atoms with Crippen LogP contribution in [0.5, 0.6) is 0 Å². The molecule has 48 heavy (non-hydrogen) atoms. The van der Waals surface area contributed by atoms with Crippen molar-refractivity contribution >= 4 is 44.7 Å². The van der Waals surface area contributed by atoms with Crippen molar-refractivity contribution in [3.8, 4) is 0 Å². The van der Waals surface area contributed by atoms with Gasteiger partial charge in [-0.05, 0) is 16.2 Å². The first-order valence-electron chi connectivity index (χ1n) is 13.8. The number of imidazole rings is 1. The molecule has 260 valence electrons. The number of amides is 1. The highest BCUT2D eigenvalue weighted by molar-refractivity contribution is 7.61. The van der Waals surface area contributed by atoms with Crippen LogP contribution in [0.25, 0.3) is 21.6 Å². The molecule has 9 atom stereocenters. The molecule has 5 rings (SSSR count). The van der Waals surface area contributed by atoms with E-state index in [9.17, 15) is 44.1 Å². The third kappa shape index (κ3) is 7.74. The number of ether oxygens (including phenoxy) is 2. The largest absolute Gasteiger partial charge is 0.481 e. The Morgan fingerprint density at radius 3 is 2.44 bits per heavy atom. The molecule has 2 aliphatic heterocycles. The van der Waals surface area contributed by atoms with Gasteiger partial charge in [0.15, 0.2) is 23.2 Å². The minimum absolute atomic E-state index is 0.0244. The molecule has 0 spiro atoms. The zero-order valence-electron chi connectivity index (χ0n) is 24.3. The number of phosphoric ester groups is 2. The summed E-state index contributed by atoms with van der Waals surface area (Å²) in [6, 6.07) is 7.13. The molecule has 0 saturated carbocycles. The Bertz CT molecular complexity index is 1780. The number of benzene rings is 1. The lowest BCUT2D eigenvalue weighted by molar-refractivity contribution is -0.0496. The van der Waals surface area contributed by atoms with E-state index in [1.54, 1.807) is 30.3 Å². The van der Waals surface area contributed by atoms with E-state index in [1.807, 2.05) is 0 Å². The van der Waals surface area contributed by atoms with Crippen molar-refractivity contribution in [2.75, 3.05) is 25.5 Å². The number of aliphatic hydroxyl groups is 4. The quantitative estimate of drug-likeness (QED) is 0.0559. The monoisotopic (exact) mass is 717 g/mol. The van der Waals surface area contributed by atoms with Gasteiger partial charge in [0.05, 0.1) is 31.9 Å². The number of phosphoric acid groups is 2. The number of rotatable bonds is 12. The van der Waals surface area contributed by atoms with Crippen LogP contribution in [0.15, 0.2) is 41.8 Å². The smallest absolute Gasteiger partial charge is 0.445 e. The van der Waals surface area contributed by atoms with E-state index >= 15 is 0 Å². The van der Waals surface area contributed by atoms with E-state index in [-0.39, 0.29) is 29.5 Å². The van der Waals surface area contributed by atoms with Crippen molar-refractivity contribution in [1.29, 1.82) is 0 Å². The van der Waals surface area contributed by atoms with Crippen molar-refractivity contribution in [2.45, 2.75) is 49.4 Å². The maximum Gasteiger partial charge on any atom is 0.481 e. The second kappa shape index (κ2) is 14.4. The van der Waals surface area contributed by atoms with Crippen LogP contribution in [0.2, 0.25) is 0 Å². The molecule has 2 aliphatic rings. The van der Waals surface area contributed by atoms with Gasteiger partial charge in [-0.3, -0.25) is 18.5 Å². The molecule has 2 aromatic heterocycles. The first kappa shape index (κ1) is 35.5. The summed E-state index contributed by atoms with van der Waals surface area (Å²) in [6.07, 6.45) is -9.76. The summed E-state index contributed by atoms with van der Waals surface area (Å²) in [5.74, 6) is -0.487. The van der Waals surface area contributed by atoms with E-state index in [0.29, 0.717) is 5.56 Å². The van der Waals surface area contributed by atoms with Crippen molar-refractivity contribution in [3.05, 3.63) is 52.7 Å². The van der Waals surface area contributed by atoms with Crippen LogP contribution >= 0.6 is 15.6 Å². The maximum absolute atomic E-state index is 12.6. The lowest BCUT2D eigenvalue weighted by atomic mass is 10.1. The number of azide groups is 1. The van der Waals surface area contributed by atoms with Crippen LogP contribution in [-0.4, -0.2) is 117 Å². The number of β-amino-alcohol motifs (C(OH)–C–C–N with tert-alkyl or cyclic N) is 1. The van der Waals surface area contributed by atoms with Gasteiger partial charge in [-0.2, -0.15) is 4.31 Å². The van der Waals surface area contributed by atoms with Crippen LogP contribution in [0.3, 0.4) is 0 Å². The van der Waals surface area contributed by atoms with Gasteiger partial charge in [-0.15, -0.1) is 0 Å². The molecule has 4 heterocycles. The van der Waals surface area contributed by atoms with Gasteiger partial charge in [0.1, 0.15) is 37.4 Å². The summed E-state index contributed by atoms with van der Waals surface area (Å²) in [7, 11) is -10.9. The van der Waals surface area contributed by atoms with Crippen molar-refractivity contribution in [3.63, 3.8) is 0 Å². The number of hydrogen-bond donors (Lipinski definition) is 7. The highest BCUT2D eigenvalue weighted by atomic mass is 31.3. The number of anilines is 1. The molecule has 3 aromatic rings. The third-order valence-corrected chi connectivity index (χ3v) is 9.84. The molecule has 2 fully saturated rings. The van der Waals surface area contributed by atoms with E-state index in [2.05, 4.69) is 29.3 Å². The molecular formula is C23H29N9O14P2. The van der Waals surface area contributed by atoms with Gasteiger partial charge in [0.25, 0.3) is 0 Å². The highest BCUT2D eigenvalue weighted by Gasteiger charge is 2.48. The number of nitrogens with zero attached hydrogens (tertiary/aromatic N) is 8. The number of carbonyl (C=O) groups is 1. The van der Waals surface area contributed by atoms with Crippen molar-refractivity contribution in [1.82, 2.24) is 24.4 Å². The maximum atomic E-state index is 12.6. The Hall–Kier alpha value is -3.79. The Morgan fingerprint density at radius 1 is 1.06 bits per heavy atom. The molecule has 1 aromatic carbocycles. The fraction of sp³-hybridized carbons (Fsp3) is 0.478. The minimum Gasteiger partial charge on any atom is -0.445 e. The predicted molar refractivity (Wildman–Crippen MR) is 156 cm³/mol.